The Kier molecular flexibility index (Phi) is 8.59. The molecule has 1 aromatic rings. The lowest BCUT2D eigenvalue weighted by Crippen LogP contribution is -2.26. The summed E-state index contributed by atoms with van der Waals surface area (Å²) in [6, 6.07) is 0. The van der Waals surface area contributed by atoms with E-state index >= 15 is 0 Å². The molecule has 0 unspecified atom stereocenters. The standard InChI is InChI=1S/C19H26N2O7S/c1-11-14(19(25)27-9-8-26-2)17(29-15(11)16(20)23)21-13(22)10-28-18(24)12-6-4-3-5-7-12/h12H,3-10H2,1-2H3,(H2,20,23)(H,21,22). The van der Waals surface area contributed by atoms with Crippen molar-refractivity contribution in [2.75, 3.05) is 32.2 Å². The Morgan fingerprint density at radius 1 is 1.10 bits per heavy atom. The van der Waals surface area contributed by atoms with Crippen molar-refractivity contribution in [1.82, 2.24) is 0 Å². The van der Waals surface area contributed by atoms with Crippen LogP contribution in [-0.4, -0.2) is 50.7 Å². The van der Waals surface area contributed by atoms with Crippen LogP contribution < -0.4 is 11.1 Å². The van der Waals surface area contributed by atoms with E-state index in [0.29, 0.717) is 5.56 Å². The maximum atomic E-state index is 12.4. The molecule has 0 radical (unpaired) electrons. The van der Waals surface area contributed by atoms with Crippen molar-refractivity contribution in [2.24, 2.45) is 11.7 Å². The first kappa shape index (κ1) is 22.8. The summed E-state index contributed by atoms with van der Waals surface area (Å²) < 4.78 is 15.0. The number of amides is 2. The molecule has 2 amide bonds. The van der Waals surface area contributed by atoms with Crippen LogP contribution in [-0.2, 0) is 23.8 Å². The first-order chi connectivity index (χ1) is 13.8. The minimum atomic E-state index is -0.720. The number of nitrogens with two attached hydrogens (primary N) is 1. The van der Waals surface area contributed by atoms with Crippen molar-refractivity contribution in [2.45, 2.75) is 39.0 Å². The number of hydrogen-bond acceptors (Lipinski definition) is 8. The molecule has 1 aliphatic carbocycles. The van der Waals surface area contributed by atoms with Crippen LogP contribution in [0.2, 0.25) is 0 Å². The zero-order chi connectivity index (χ0) is 21.4. The molecule has 0 atom stereocenters. The van der Waals surface area contributed by atoms with Crippen LogP contribution in [0.15, 0.2) is 0 Å². The molecular formula is C19H26N2O7S. The summed E-state index contributed by atoms with van der Waals surface area (Å²) in [7, 11) is 1.47. The number of ether oxygens (including phenoxy) is 3. The second-order valence-corrected chi connectivity index (χ2v) is 7.76. The molecule has 9 nitrogen and oxygen atoms in total. The topological polar surface area (TPSA) is 134 Å². The quantitative estimate of drug-likeness (QED) is 0.456. The highest BCUT2D eigenvalue weighted by atomic mass is 32.1. The monoisotopic (exact) mass is 426 g/mol. The van der Waals surface area contributed by atoms with Gasteiger partial charge in [0.2, 0.25) is 0 Å². The lowest BCUT2D eigenvalue weighted by atomic mass is 9.89. The lowest BCUT2D eigenvalue weighted by molar-refractivity contribution is -0.152. The summed E-state index contributed by atoms with van der Waals surface area (Å²) in [5, 5.41) is 2.64. The van der Waals surface area contributed by atoms with E-state index in [-0.39, 0.29) is 40.5 Å². The number of esters is 2. The van der Waals surface area contributed by atoms with Gasteiger partial charge in [0.15, 0.2) is 6.61 Å². The summed E-state index contributed by atoms with van der Waals surface area (Å²) in [6.45, 7) is 1.29. The highest BCUT2D eigenvalue weighted by Crippen LogP contribution is 2.33. The van der Waals surface area contributed by atoms with Gasteiger partial charge in [-0.05, 0) is 25.3 Å². The number of nitrogens with one attached hydrogen (secondary N) is 1. The number of rotatable bonds is 9. The molecule has 1 aromatic heterocycles. The van der Waals surface area contributed by atoms with Crippen molar-refractivity contribution in [3.05, 3.63) is 16.0 Å². The van der Waals surface area contributed by atoms with Crippen molar-refractivity contribution < 1.29 is 33.4 Å². The van der Waals surface area contributed by atoms with Gasteiger partial charge in [0, 0.05) is 7.11 Å². The third-order valence-electron chi connectivity index (χ3n) is 4.63. The molecule has 0 aliphatic heterocycles. The Bertz CT molecular complexity index is 769. The van der Waals surface area contributed by atoms with Crippen LogP contribution >= 0.6 is 11.3 Å². The average Bonchev–Trinajstić information content (AvgIpc) is 3.03. The highest BCUT2D eigenvalue weighted by Gasteiger charge is 2.27. The molecular weight excluding hydrogens is 400 g/mol. The number of methoxy groups -OCH3 is 1. The normalized spacial score (nSPS) is 14.3. The van der Waals surface area contributed by atoms with Gasteiger partial charge in [0.1, 0.15) is 11.6 Å². The van der Waals surface area contributed by atoms with Crippen molar-refractivity contribution >= 4 is 40.1 Å². The minimum Gasteiger partial charge on any atom is -0.460 e. The van der Waals surface area contributed by atoms with Crippen LogP contribution in [0.3, 0.4) is 0 Å². The van der Waals surface area contributed by atoms with Crippen LogP contribution in [0.25, 0.3) is 0 Å². The van der Waals surface area contributed by atoms with Crippen molar-refractivity contribution in [3.8, 4) is 0 Å². The smallest absolute Gasteiger partial charge is 0.341 e. The van der Waals surface area contributed by atoms with Gasteiger partial charge in [-0.2, -0.15) is 0 Å². The van der Waals surface area contributed by atoms with E-state index in [4.69, 9.17) is 19.9 Å². The SMILES string of the molecule is COCCOC(=O)c1c(NC(=O)COC(=O)C2CCCCC2)sc(C(N)=O)c1C. The molecule has 0 spiro atoms. The lowest BCUT2D eigenvalue weighted by Gasteiger charge is -2.19. The Balaban J connectivity index is 2.04. The van der Waals surface area contributed by atoms with E-state index in [2.05, 4.69) is 5.32 Å². The summed E-state index contributed by atoms with van der Waals surface area (Å²) >= 11 is 0.873. The minimum absolute atomic E-state index is 0.0168. The van der Waals surface area contributed by atoms with Crippen molar-refractivity contribution in [3.63, 3.8) is 0 Å². The number of carbonyl (C=O) groups excluding carboxylic acids is 4. The Morgan fingerprint density at radius 3 is 2.41 bits per heavy atom. The number of hydrogen-bond donors (Lipinski definition) is 2. The number of carbonyl (C=O) groups is 4. The first-order valence-corrected chi connectivity index (χ1v) is 10.2. The molecule has 0 aromatic carbocycles. The molecule has 1 heterocycles. The number of anilines is 1. The number of primary amides is 1. The van der Waals surface area contributed by atoms with E-state index in [1.165, 1.54) is 7.11 Å². The fraction of sp³-hybridized carbons (Fsp3) is 0.579. The maximum absolute atomic E-state index is 12.4. The van der Waals surface area contributed by atoms with E-state index in [0.717, 1.165) is 43.4 Å². The number of thiophene rings is 1. The highest BCUT2D eigenvalue weighted by molar-refractivity contribution is 7.18. The van der Waals surface area contributed by atoms with E-state index < -0.39 is 24.4 Å². The van der Waals surface area contributed by atoms with E-state index in [1.54, 1.807) is 6.92 Å². The average molecular weight is 426 g/mol. The largest absolute Gasteiger partial charge is 0.460 e. The third-order valence-corrected chi connectivity index (χ3v) is 5.85. The molecule has 3 N–H and O–H groups in total. The zero-order valence-electron chi connectivity index (χ0n) is 16.6. The molecule has 10 heteroatoms. The van der Waals surface area contributed by atoms with Gasteiger partial charge in [-0.1, -0.05) is 19.3 Å². The molecule has 2 rings (SSSR count). The van der Waals surface area contributed by atoms with Gasteiger partial charge < -0.3 is 25.3 Å². The first-order valence-electron chi connectivity index (χ1n) is 9.40. The second kappa shape index (κ2) is 10.9. The van der Waals surface area contributed by atoms with Crippen LogP contribution in [0.4, 0.5) is 5.00 Å². The van der Waals surface area contributed by atoms with Gasteiger partial charge in [0.25, 0.3) is 11.8 Å². The molecule has 160 valence electrons. The molecule has 1 fully saturated rings. The molecule has 1 saturated carbocycles. The Labute approximate surface area is 172 Å². The summed E-state index contributed by atoms with van der Waals surface area (Å²) in [4.78, 5) is 48.5. The molecule has 1 aliphatic rings. The second-order valence-electron chi connectivity index (χ2n) is 6.74. The van der Waals surface area contributed by atoms with E-state index in [9.17, 15) is 19.2 Å². The van der Waals surface area contributed by atoms with Crippen molar-refractivity contribution in [1.29, 1.82) is 0 Å². The maximum Gasteiger partial charge on any atom is 0.341 e. The third kappa shape index (κ3) is 6.26. The van der Waals surface area contributed by atoms with Gasteiger partial charge in [-0.3, -0.25) is 14.4 Å². The van der Waals surface area contributed by atoms with Crippen LogP contribution in [0.5, 0.6) is 0 Å². The van der Waals surface area contributed by atoms with Crippen LogP contribution in [0, 0.1) is 12.8 Å². The van der Waals surface area contributed by atoms with Gasteiger partial charge >= 0.3 is 11.9 Å². The molecule has 0 bridgehead atoms. The Hall–Kier alpha value is -2.46. The zero-order valence-corrected chi connectivity index (χ0v) is 17.4. The van der Waals surface area contributed by atoms with E-state index in [1.807, 2.05) is 0 Å². The fourth-order valence-corrected chi connectivity index (χ4v) is 4.19. The molecule has 0 saturated heterocycles. The van der Waals surface area contributed by atoms with Crippen LogP contribution in [0.1, 0.15) is 57.7 Å². The fourth-order valence-electron chi connectivity index (χ4n) is 3.13. The summed E-state index contributed by atoms with van der Waals surface area (Å²) in [6.07, 6.45) is 4.59. The van der Waals surface area contributed by atoms with Gasteiger partial charge in [-0.15, -0.1) is 11.3 Å². The molecule has 29 heavy (non-hydrogen) atoms. The Morgan fingerprint density at radius 2 is 1.79 bits per heavy atom. The summed E-state index contributed by atoms with van der Waals surface area (Å²) in [5.41, 5.74) is 5.71. The predicted octanol–water partition coefficient (Wildman–Crippen LogP) is 2.02. The van der Waals surface area contributed by atoms with Gasteiger partial charge in [-0.25, -0.2) is 4.79 Å². The van der Waals surface area contributed by atoms with Gasteiger partial charge in [0.05, 0.1) is 23.0 Å². The summed E-state index contributed by atoms with van der Waals surface area (Å²) in [5.74, 6) is -2.61. The predicted molar refractivity (Wildman–Crippen MR) is 106 cm³/mol.